The minimum absolute atomic E-state index is 0.286. The molecule has 1 saturated heterocycles. The fourth-order valence-corrected chi connectivity index (χ4v) is 3.17. The van der Waals surface area contributed by atoms with Crippen molar-refractivity contribution in [3.63, 3.8) is 0 Å². The fraction of sp³-hybridized carbons (Fsp3) is 0.333. The molecular formula is C18H21ClFN3. The van der Waals surface area contributed by atoms with E-state index in [1.54, 1.807) is 6.07 Å². The zero-order valence-corrected chi connectivity index (χ0v) is 13.8. The van der Waals surface area contributed by atoms with Crippen molar-refractivity contribution in [3.8, 4) is 0 Å². The third kappa shape index (κ3) is 4.44. The van der Waals surface area contributed by atoms with Crippen LogP contribution in [0.4, 0.5) is 10.1 Å². The SMILES string of the molecule is Nc1cccc(CN2CCN(Cc3ccc(F)cc3Cl)CC2)c1. The van der Waals surface area contributed by atoms with Crippen LogP contribution in [-0.4, -0.2) is 36.0 Å². The summed E-state index contributed by atoms with van der Waals surface area (Å²) in [6.07, 6.45) is 0. The van der Waals surface area contributed by atoms with Gasteiger partial charge in [0, 0.05) is 50.0 Å². The van der Waals surface area contributed by atoms with Gasteiger partial charge in [-0.05, 0) is 35.4 Å². The van der Waals surface area contributed by atoms with E-state index < -0.39 is 0 Å². The minimum Gasteiger partial charge on any atom is -0.399 e. The molecule has 0 atom stereocenters. The molecule has 1 fully saturated rings. The second kappa shape index (κ2) is 7.30. The van der Waals surface area contributed by atoms with Crippen LogP contribution in [0.5, 0.6) is 0 Å². The molecule has 0 saturated carbocycles. The first-order valence-electron chi connectivity index (χ1n) is 7.83. The molecule has 0 aromatic heterocycles. The monoisotopic (exact) mass is 333 g/mol. The molecule has 0 spiro atoms. The number of rotatable bonds is 4. The van der Waals surface area contributed by atoms with Gasteiger partial charge < -0.3 is 5.73 Å². The van der Waals surface area contributed by atoms with Crippen molar-refractivity contribution < 1.29 is 4.39 Å². The molecule has 0 aliphatic carbocycles. The molecule has 0 unspecified atom stereocenters. The average molecular weight is 334 g/mol. The second-order valence-corrected chi connectivity index (χ2v) is 6.44. The summed E-state index contributed by atoms with van der Waals surface area (Å²) in [5.74, 6) is -0.286. The van der Waals surface area contributed by atoms with Gasteiger partial charge in [0.25, 0.3) is 0 Å². The van der Waals surface area contributed by atoms with Crippen molar-refractivity contribution in [3.05, 3.63) is 64.4 Å². The summed E-state index contributed by atoms with van der Waals surface area (Å²) in [6.45, 7) is 5.68. The van der Waals surface area contributed by atoms with Gasteiger partial charge in [0.05, 0.1) is 0 Å². The lowest BCUT2D eigenvalue weighted by Gasteiger charge is -2.35. The Labute approximate surface area is 141 Å². The van der Waals surface area contributed by atoms with Gasteiger partial charge >= 0.3 is 0 Å². The van der Waals surface area contributed by atoms with Gasteiger partial charge in [-0.1, -0.05) is 29.8 Å². The predicted molar refractivity (Wildman–Crippen MR) is 92.8 cm³/mol. The Morgan fingerprint density at radius 2 is 1.65 bits per heavy atom. The van der Waals surface area contributed by atoms with Crippen LogP contribution < -0.4 is 5.73 Å². The zero-order chi connectivity index (χ0) is 16.2. The van der Waals surface area contributed by atoms with Gasteiger partial charge in [-0.25, -0.2) is 4.39 Å². The van der Waals surface area contributed by atoms with Crippen LogP contribution in [0.1, 0.15) is 11.1 Å². The number of nitrogens with two attached hydrogens (primary N) is 1. The first-order chi connectivity index (χ1) is 11.1. The van der Waals surface area contributed by atoms with E-state index in [0.29, 0.717) is 5.02 Å². The Morgan fingerprint density at radius 3 is 2.30 bits per heavy atom. The standard InChI is InChI=1S/C18H21ClFN3/c19-18-11-16(20)5-4-15(18)13-23-8-6-22(7-9-23)12-14-2-1-3-17(21)10-14/h1-5,10-11H,6-9,12-13,21H2. The normalized spacial score (nSPS) is 16.6. The Hall–Kier alpha value is -1.62. The van der Waals surface area contributed by atoms with E-state index in [-0.39, 0.29) is 5.82 Å². The molecule has 0 radical (unpaired) electrons. The molecule has 3 nitrogen and oxygen atoms in total. The molecule has 2 N–H and O–H groups in total. The van der Waals surface area contributed by atoms with Crippen LogP contribution in [-0.2, 0) is 13.1 Å². The van der Waals surface area contributed by atoms with Crippen molar-refractivity contribution in [2.45, 2.75) is 13.1 Å². The first kappa shape index (κ1) is 16.2. The number of nitrogens with zero attached hydrogens (tertiary/aromatic N) is 2. The largest absolute Gasteiger partial charge is 0.399 e. The number of hydrogen-bond acceptors (Lipinski definition) is 3. The summed E-state index contributed by atoms with van der Waals surface area (Å²) >= 11 is 6.11. The number of hydrogen-bond donors (Lipinski definition) is 1. The molecule has 2 aromatic carbocycles. The number of anilines is 1. The highest BCUT2D eigenvalue weighted by Crippen LogP contribution is 2.20. The molecule has 1 heterocycles. The molecule has 0 amide bonds. The van der Waals surface area contributed by atoms with Crippen LogP contribution in [0.15, 0.2) is 42.5 Å². The summed E-state index contributed by atoms with van der Waals surface area (Å²) < 4.78 is 13.1. The molecule has 1 aliphatic rings. The van der Waals surface area contributed by atoms with Crippen LogP contribution >= 0.6 is 11.6 Å². The van der Waals surface area contributed by atoms with E-state index in [4.69, 9.17) is 17.3 Å². The minimum atomic E-state index is -0.286. The van der Waals surface area contributed by atoms with Gasteiger partial charge in [0.1, 0.15) is 5.82 Å². The van der Waals surface area contributed by atoms with E-state index in [1.807, 2.05) is 18.2 Å². The Kier molecular flexibility index (Phi) is 5.16. The molecule has 1 aliphatic heterocycles. The van der Waals surface area contributed by atoms with Gasteiger partial charge in [-0.2, -0.15) is 0 Å². The maximum absolute atomic E-state index is 13.1. The lowest BCUT2D eigenvalue weighted by molar-refractivity contribution is 0.122. The highest BCUT2D eigenvalue weighted by molar-refractivity contribution is 6.31. The van der Waals surface area contributed by atoms with Crippen LogP contribution in [0, 0.1) is 5.82 Å². The summed E-state index contributed by atoms with van der Waals surface area (Å²) in [6, 6.07) is 12.7. The highest BCUT2D eigenvalue weighted by atomic mass is 35.5. The second-order valence-electron chi connectivity index (χ2n) is 6.03. The first-order valence-corrected chi connectivity index (χ1v) is 8.21. The van der Waals surface area contributed by atoms with Gasteiger partial charge in [-0.3, -0.25) is 9.80 Å². The number of nitrogen functional groups attached to an aromatic ring is 1. The fourth-order valence-electron chi connectivity index (χ4n) is 2.95. The smallest absolute Gasteiger partial charge is 0.124 e. The van der Waals surface area contributed by atoms with Gasteiger partial charge in [0.15, 0.2) is 0 Å². The lowest BCUT2D eigenvalue weighted by atomic mass is 10.1. The number of benzene rings is 2. The van der Waals surface area contributed by atoms with Crippen molar-refractivity contribution in [1.29, 1.82) is 0 Å². The van der Waals surface area contributed by atoms with Gasteiger partial charge in [0.2, 0.25) is 0 Å². The van der Waals surface area contributed by atoms with E-state index >= 15 is 0 Å². The van der Waals surface area contributed by atoms with Crippen molar-refractivity contribution in [1.82, 2.24) is 9.80 Å². The Bertz CT molecular complexity index is 669. The van der Waals surface area contributed by atoms with E-state index in [0.717, 1.165) is 50.5 Å². The molecular weight excluding hydrogens is 313 g/mol. The van der Waals surface area contributed by atoms with Crippen LogP contribution in [0.2, 0.25) is 5.02 Å². The number of piperazine rings is 1. The van der Waals surface area contributed by atoms with Gasteiger partial charge in [-0.15, -0.1) is 0 Å². The quantitative estimate of drug-likeness (QED) is 0.871. The number of halogens is 2. The van der Waals surface area contributed by atoms with E-state index in [2.05, 4.69) is 15.9 Å². The molecule has 5 heteroatoms. The summed E-state index contributed by atoms with van der Waals surface area (Å²) in [4.78, 5) is 4.78. The van der Waals surface area contributed by atoms with Crippen molar-refractivity contribution in [2.75, 3.05) is 31.9 Å². The topological polar surface area (TPSA) is 32.5 Å². The Morgan fingerprint density at radius 1 is 0.957 bits per heavy atom. The zero-order valence-electron chi connectivity index (χ0n) is 13.0. The molecule has 23 heavy (non-hydrogen) atoms. The molecule has 122 valence electrons. The summed E-state index contributed by atoms with van der Waals surface area (Å²) in [5.41, 5.74) is 8.88. The average Bonchev–Trinajstić information content (AvgIpc) is 2.52. The maximum Gasteiger partial charge on any atom is 0.124 e. The third-order valence-electron chi connectivity index (χ3n) is 4.23. The van der Waals surface area contributed by atoms with Crippen LogP contribution in [0.3, 0.4) is 0 Å². The van der Waals surface area contributed by atoms with E-state index in [9.17, 15) is 4.39 Å². The van der Waals surface area contributed by atoms with Crippen molar-refractivity contribution in [2.24, 2.45) is 0 Å². The highest BCUT2D eigenvalue weighted by Gasteiger charge is 2.18. The lowest BCUT2D eigenvalue weighted by Crippen LogP contribution is -2.45. The Balaban J connectivity index is 1.52. The third-order valence-corrected chi connectivity index (χ3v) is 4.58. The van der Waals surface area contributed by atoms with E-state index in [1.165, 1.54) is 17.7 Å². The molecule has 3 rings (SSSR count). The summed E-state index contributed by atoms with van der Waals surface area (Å²) in [5, 5.41) is 0.507. The molecule has 2 aromatic rings. The molecule has 0 bridgehead atoms. The summed E-state index contributed by atoms with van der Waals surface area (Å²) in [7, 11) is 0. The maximum atomic E-state index is 13.1. The van der Waals surface area contributed by atoms with Crippen molar-refractivity contribution >= 4 is 17.3 Å². The predicted octanol–water partition coefficient (Wildman–Crippen LogP) is 3.38. The van der Waals surface area contributed by atoms with Crippen LogP contribution in [0.25, 0.3) is 0 Å².